The predicted molar refractivity (Wildman–Crippen MR) is 87.0 cm³/mol. The Kier molecular flexibility index (Phi) is 3.79. The Morgan fingerprint density at radius 1 is 1.29 bits per heavy atom. The summed E-state index contributed by atoms with van der Waals surface area (Å²) in [6, 6.07) is 0. The lowest BCUT2D eigenvalue weighted by Gasteiger charge is -2.55. The summed E-state index contributed by atoms with van der Waals surface area (Å²) in [5, 5.41) is 0. The van der Waals surface area contributed by atoms with Crippen molar-refractivity contribution < 1.29 is 9.53 Å². The van der Waals surface area contributed by atoms with Gasteiger partial charge in [0.15, 0.2) is 0 Å². The summed E-state index contributed by atoms with van der Waals surface area (Å²) >= 11 is 0. The van der Waals surface area contributed by atoms with Crippen molar-refractivity contribution in [1.82, 2.24) is 0 Å². The fourth-order valence-electron chi connectivity index (χ4n) is 5.13. The van der Waals surface area contributed by atoms with Crippen LogP contribution in [0.5, 0.6) is 0 Å². The molecule has 0 radical (unpaired) electrons. The highest BCUT2D eigenvalue weighted by atomic mass is 16.6. The fourth-order valence-corrected chi connectivity index (χ4v) is 5.13. The van der Waals surface area contributed by atoms with Crippen LogP contribution in [-0.4, -0.2) is 11.6 Å². The van der Waals surface area contributed by atoms with Crippen LogP contribution in [0.4, 0.5) is 0 Å². The first-order valence-corrected chi connectivity index (χ1v) is 8.66. The molecule has 4 unspecified atom stereocenters. The second-order valence-corrected chi connectivity index (χ2v) is 9.30. The maximum absolute atomic E-state index is 12.6. The van der Waals surface area contributed by atoms with Crippen molar-refractivity contribution in [2.75, 3.05) is 0 Å². The molecule has 0 N–H and O–H groups in total. The molecule has 0 aromatic rings. The van der Waals surface area contributed by atoms with E-state index in [-0.39, 0.29) is 33.7 Å². The van der Waals surface area contributed by atoms with Crippen LogP contribution in [-0.2, 0) is 9.53 Å². The summed E-state index contributed by atoms with van der Waals surface area (Å²) < 4.78 is 6.35. The third-order valence-corrected chi connectivity index (χ3v) is 7.36. The van der Waals surface area contributed by atoms with Gasteiger partial charge in [-0.2, -0.15) is 0 Å². The smallest absolute Gasteiger partial charge is 0.309 e. The molecule has 0 spiro atoms. The molecule has 21 heavy (non-hydrogen) atoms. The van der Waals surface area contributed by atoms with E-state index in [1.54, 1.807) is 0 Å². The van der Waals surface area contributed by atoms with Crippen molar-refractivity contribution >= 4 is 5.97 Å². The second kappa shape index (κ2) is 4.73. The zero-order chi connectivity index (χ0) is 16.3. The molecular formula is C19H34O2. The molecule has 2 fully saturated rings. The average Bonchev–Trinajstić information content (AvgIpc) is 2.68. The molecule has 0 aromatic carbocycles. The van der Waals surface area contributed by atoms with Gasteiger partial charge < -0.3 is 4.74 Å². The lowest BCUT2D eigenvalue weighted by molar-refractivity contribution is -0.209. The highest BCUT2D eigenvalue weighted by Gasteiger charge is 2.73. The first kappa shape index (κ1) is 16.8. The molecule has 2 heteroatoms. The summed E-state index contributed by atoms with van der Waals surface area (Å²) in [7, 11) is 0. The Balaban J connectivity index is 2.45. The Bertz CT molecular complexity index is 431. The molecule has 122 valence electrons. The summed E-state index contributed by atoms with van der Waals surface area (Å²) in [6.45, 7) is 17.9. The van der Waals surface area contributed by atoms with Crippen molar-refractivity contribution in [2.45, 2.75) is 86.7 Å². The van der Waals surface area contributed by atoms with Crippen LogP contribution < -0.4 is 0 Å². The van der Waals surface area contributed by atoms with Gasteiger partial charge in [0.2, 0.25) is 0 Å². The van der Waals surface area contributed by atoms with Gasteiger partial charge in [-0.1, -0.05) is 55.4 Å². The Labute approximate surface area is 131 Å². The minimum absolute atomic E-state index is 0.00278. The van der Waals surface area contributed by atoms with Gasteiger partial charge >= 0.3 is 5.97 Å². The predicted octanol–water partition coefficient (Wildman–Crippen LogP) is 5.21. The third-order valence-electron chi connectivity index (χ3n) is 7.36. The van der Waals surface area contributed by atoms with Gasteiger partial charge in [0.05, 0.1) is 5.92 Å². The van der Waals surface area contributed by atoms with E-state index in [0.717, 1.165) is 12.8 Å². The minimum atomic E-state index is -0.326. The molecular weight excluding hydrogens is 260 g/mol. The van der Waals surface area contributed by atoms with E-state index < -0.39 is 0 Å². The fraction of sp³-hybridized carbons (Fsp3) is 0.947. The van der Waals surface area contributed by atoms with Gasteiger partial charge in [-0.3, -0.25) is 4.79 Å². The highest BCUT2D eigenvalue weighted by Crippen LogP contribution is 2.74. The van der Waals surface area contributed by atoms with Gasteiger partial charge in [-0.15, -0.1) is 0 Å². The van der Waals surface area contributed by atoms with E-state index >= 15 is 0 Å². The third kappa shape index (κ3) is 2.00. The van der Waals surface area contributed by atoms with E-state index in [1.807, 2.05) is 6.92 Å². The van der Waals surface area contributed by atoms with E-state index in [2.05, 4.69) is 48.5 Å². The quantitative estimate of drug-likeness (QED) is 0.668. The van der Waals surface area contributed by atoms with Gasteiger partial charge in [-0.05, 0) is 37.0 Å². The van der Waals surface area contributed by atoms with Crippen molar-refractivity contribution in [3.63, 3.8) is 0 Å². The monoisotopic (exact) mass is 294 g/mol. The number of hydrogen-bond donors (Lipinski definition) is 0. The van der Waals surface area contributed by atoms with Crippen LogP contribution in [0, 0.1) is 28.1 Å². The first-order valence-electron chi connectivity index (χ1n) is 8.66. The molecule has 0 aromatic heterocycles. The molecule has 2 aliphatic rings. The SMILES string of the molecule is CCC(C)C(=O)OC1(C(C)(C)C)CC2CCC1(C)C2(C)C. The summed E-state index contributed by atoms with van der Waals surface area (Å²) in [5.74, 6) is 0.665. The minimum Gasteiger partial charge on any atom is -0.458 e. The van der Waals surface area contributed by atoms with Crippen LogP contribution in [0.2, 0.25) is 0 Å². The van der Waals surface area contributed by atoms with Crippen LogP contribution in [0.25, 0.3) is 0 Å². The molecule has 2 bridgehead atoms. The molecule has 2 nitrogen and oxygen atoms in total. The molecule has 2 aliphatic carbocycles. The molecule has 0 aliphatic heterocycles. The topological polar surface area (TPSA) is 26.3 Å². The average molecular weight is 294 g/mol. The Morgan fingerprint density at radius 3 is 2.19 bits per heavy atom. The number of hydrogen-bond acceptors (Lipinski definition) is 2. The Hall–Kier alpha value is -0.530. The number of fused-ring (bicyclic) bond motifs is 2. The Morgan fingerprint density at radius 2 is 1.86 bits per heavy atom. The lowest BCUT2D eigenvalue weighted by Crippen LogP contribution is -2.58. The van der Waals surface area contributed by atoms with E-state index in [1.165, 1.54) is 12.8 Å². The standard InChI is InChI=1S/C19H34O2/c1-9-13(2)15(20)21-19(16(3,4)5)12-14-10-11-18(19,8)17(14,6)7/h13-14H,9-12H2,1-8H3. The van der Waals surface area contributed by atoms with Crippen LogP contribution in [0.3, 0.4) is 0 Å². The highest BCUT2D eigenvalue weighted by molar-refractivity contribution is 5.72. The number of carbonyl (C=O) groups is 1. The maximum atomic E-state index is 12.6. The molecule has 0 heterocycles. The number of ether oxygens (including phenoxy) is 1. The van der Waals surface area contributed by atoms with Gasteiger partial charge in [-0.25, -0.2) is 0 Å². The van der Waals surface area contributed by atoms with Crippen LogP contribution in [0.15, 0.2) is 0 Å². The first-order chi connectivity index (χ1) is 9.43. The second-order valence-electron chi connectivity index (χ2n) is 9.30. The van der Waals surface area contributed by atoms with Crippen LogP contribution in [0.1, 0.15) is 81.1 Å². The van der Waals surface area contributed by atoms with Crippen LogP contribution >= 0.6 is 0 Å². The van der Waals surface area contributed by atoms with E-state index in [0.29, 0.717) is 5.92 Å². The summed E-state index contributed by atoms with van der Waals surface area (Å²) in [5.41, 5.74) is -0.0354. The van der Waals surface area contributed by atoms with E-state index in [9.17, 15) is 4.79 Å². The molecule has 4 atom stereocenters. The van der Waals surface area contributed by atoms with Crippen molar-refractivity contribution in [3.05, 3.63) is 0 Å². The lowest BCUT2D eigenvalue weighted by atomic mass is 9.56. The zero-order valence-electron chi connectivity index (χ0n) is 15.3. The van der Waals surface area contributed by atoms with Crippen molar-refractivity contribution in [1.29, 1.82) is 0 Å². The largest absolute Gasteiger partial charge is 0.458 e. The normalized spacial score (nSPS) is 39.3. The zero-order valence-corrected chi connectivity index (χ0v) is 15.3. The van der Waals surface area contributed by atoms with Crippen molar-refractivity contribution in [2.24, 2.45) is 28.1 Å². The molecule has 2 saturated carbocycles. The number of carbonyl (C=O) groups excluding carboxylic acids is 1. The van der Waals surface area contributed by atoms with E-state index in [4.69, 9.17) is 4.74 Å². The van der Waals surface area contributed by atoms with Gasteiger partial charge in [0, 0.05) is 10.8 Å². The van der Waals surface area contributed by atoms with Gasteiger partial charge in [0.25, 0.3) is 0 Å². The summed E-state index contributed by atoms with van der Waals surface area (Å²) in [6.07, 6.45) is 4.34. The number of rotatable bonds is 3. The van der Waals surface area contributed by atoms with Crippen molar-refractivity contribution in [3.8, 4) is 0 Å². The summed E-state index contributed by atoms with van der Waals surface area (Å²) in [4.78, 5) is 12.6. The maximum Gasteiger partial charge on any atom is 0.309 e. The van der Waals surface area contributed by atoms with Gasteiger partial charge in [0.1, 0.15) is 5.60 Å². The molecule has 0 saturated heterocycles. The molecule has 2 rings (SSSR count). The number of esters is 1. The molecule has 0 amide bonds.